The quantitative estimate of drug-likeness (QED) is 0.409. The molecule has 1 atom stereocenters. The average Bonchev–Trinajstić information content (AvgIpc) is 3.16. The summed E-state index contributed by atoms with van der Waals surface area (Å²) in [5.41, 5.74) is 1.33. The third kappa shape index (κ3) is 5.24. The Hall–Kier alpha value is -2.16. The fraction of sp³-hybridized carbons (Fsp3) is 0.440. The minimum absolute atomic E-state index is 0.163. The molecule has 1 aromatic heterocycles. The van der Waals surface area contributed by atoms with Gasteiger partial charge < -0.3 is 9.64 Å². The van der Waals surface area contributed by atoms with Crippen molar-refractivity contribution in [2.75, 3.05) is 44.7 Å². The van der Waals surface area contributed by atoms with E-state index in [0.717, 1.165) is 38.4 Å². The largest absolute Gasteiger partial charge is 0.495 e. The van der Waals surface area contributed by atoms with Crippen molar-refractivity contribution in [1.82, 2.24) is 8.87 Å². The van der Waals surface area contributed by atoms with Crippen LogP contribution in [-0.2, 0) is 11.0 Å². The van der Waals surface area contributed by atoms with E-state index in [9.17, 15) is 13.0 Å². The van der Waals surface area contributed by atoms with Gasteiger partial charge in [0, 0.05) is 54.9 Å². The molecule has 1 aliphatic heterocycles. The Bertz CT molecular complexity index is 1200. The molecule has 1 aliphatic rings. The highest BCUT2D eigenvalue weighted by Crippen LogP contribution is 2.35. The van der Waals surface area contributed by atoms with E-state index in [2.05, 4.69) is 30.6 Å². The van der Waals surface area contributed by atoms with Crippen LogP contribution in [0.25, 0.3) is 10.9 Å². The van der Waals surface area contributed by atoms with Crippen molar-refractivity contribution < 1.29 is 17.7 Å². The predicted molar refractivity (Wildman–Crippen MR) is 135 cm³/mol. The highest BCUT2D eigenvalue weighted by atomic mass is 35.5. The minimum Gasteiger partial charge on any atom is -0.495 e. The lowest BCUT2D eigenvalue weighted by Crippen LogP contribution is -2.48. The molecule has 34 heavy (non-hydrogen) atoms. The Morgan fingerprint density at radius 3 is 2.41 bits per heavy atom. The van der Waals surface area contributed by atoms with Crippen LogP contribution in [0.15, 0.2) is 47.5 Å². The van der Waals surface area contributed by atoms with Crippen LogP contribution < -0.4 is 9.64 Å². The van der Waals surface area contributed by atoms with Crippen LogP contribution in [0.5, 0.6) is 5.75 Å². The van der Waals surface area contributed by atoms with E-state index in [-0.39, 0.29) is 11.0 Å². The first-order chi connectivity index (χ1) is 16.1. The zero-order valence-electron chi connectivity index (χ0n) is 19.9. The van der Waals surface area contributed by atoms with E-state index in [4.69, 9.17) is 16.3 Å². The van der Waals surface area contributed by atoms with Crippen LogP contribution >= 0.6 is 11.6 Å². The van der Waals surface area contributed by atoms with Gasteiger partial charge in [0.05, 0.1) is 23.2 Å². The number of ether oxygens (including phenoxy) is 1. The molecule has 0 N–H and O–H groups in total. The molecule has 9 heteroatoms. The monoisotopic (exact) mass is 509 g/mol. The molecule has 0 amide bonds. The Kier molecular flexibility index (Phi) is 7.22. The van der Waals surface area contributed by atoms with Gasteiger partial charge in [-0.2, -0.15) is 0 Å². The number of hydrogen-bond acceptors (Lipinski definition) is 4. The number of aromatic nitrogens is 1. The standard InChI is InChI=1S/C25H30ClF2N3O2S/c1-25(2,3)16-29-9-11-30(12-10-29)22-14-18(6-8-23(22)33-4)34(32)31-15-20(24(27)28)19-7-5-17(26)13-21(19)31/h5-8,13-15,24H,9-12,16H2,1-4H3. The normalized spacial score (nSPS) is 16.4. The molecule has 0 radical (unpaired) electrons. The molecule has 0 saturated carbocycles. The Morgan fingerprint density at radius 2 is 1.79 bits per heavy atom. The van der Waals surface area contributed by atoms with Crippen molar-refractivity contribution in [3.8, 4) is 5.75 Å². The lowest BCUT2D eigenvalue weighted by Gasteiger charge is -2.39. The number of rotatable bonds is 6. The van der Waals surface area contributed by atoms with Gasteiger partial charge in [0.15, 0.2) is 11.0 Å². The molecule has 3 aromatic rings. The summed E-state index contributed by atoms with van der Waals surface area (Å²) in [6, 6.07) is 10.0. The second-order valence-electron chi connectivity index (χ2n) is 9.78. The first-order valence-electron chi connectivity index (χ1n) is 11.2. The van der Waals surface area contributed by atoms with Gasteiger partial charge in [0.1, 0.15) is 5.75 Å². The molecule has 2 aromatic carbocycles. The third-order valence-corrected chi connectivity index (χ3v) is 7.49. The van der Waals surface area contributed by atoms with Gasteiger partial charge in [0.2, 0.25) is 0 Å². The molecule has 0 bridgehead atoms. The van der Waals surface area contributed by atoms with Gasteiger partial charge in [-0.15, -0.1) is 0 Å². The number of benzene rings is 2. The first kappa shape index (κ1) is 24.9. The van der Waals surface area contributed by atoms with Crippen LogP contribution in [0.2, 0.25) is 5.02 Å². The number of nitrogens with zero attached hydrogens (tertiary/aromatic N) is 3. The van der Waals surface area contributed by atoms with E-state index in [0.29, 0.717) is 26.6 Å². The number of piperazine rings is 1. The van der Waals surface area contributed by atoms with E-state index in [1.165, 1.54) is 10.2 Å². The number of anilines is 1. The van der Waals surface area contributed by atoms with Crippen molar-refractivity contribution in [3.63, 3.8) is 0 Å². The Labute approximate surface area is 206 Å². The van der Waals surface area contributed by atoms with Gasteiger partial charge in [-0.1, -0.05) is 38.4 Å². The van der Waals surface area contributed by atoms with E-state index < -0.39 is 17.4 Å². The van der Waals surface area contributed by atoms with Crippen LogP contribution in [-0.4, -0.2) is 52.9 Å². The summed E-state index contributed by atoms with van der Waals surface area (Å²) < 4.78 is 47.8. The molecule has 2 heterocycles. The van der Waals surface area contributed by atoms with Gasteiger partial charge >= 0.3 is 0 Å². The van der Waals surface area contributed by atoms with Crippen LogP contribution in [0, 0.1) is 5.41 Å². The summed E-state index contributed by atoms with van der Waals surface area (Å²) in [6.45, 7) is 11.2. The number of methoxy groups -OCH3 is 1. The van der Waals surface area contributed by atoms with Gasteiger partial charge in [0.25, 0.3) is 6.43 Å². The van der Waals surface area contributed by atoms with Crippen molar-refractivity contribution in [2.24, 2.45) is 5.41 Å². The highest BCUT2D eigenvalue weighted by Gasteiger charge is 2.25. The maximum atomic E-state index is 13.6. The summed E-state index contributed by atoms with van der Waals surface area (Å²) in [5.74, 6) is 0.693. The highest BCUT2D eigenvalue weighted by molar-refractivity contribution is 7.83. The van der Waals surface area contributed by atoms with E-state index in [1.54, 1.807) is 37.4 Å². The van der Waals surface area contributed by atoms with Gasteiger partial charge in [-0.3, -0.25) is 8.87 Å². The predicted octanol–water partition coefficient (Wildman–Crippen LogP) is 5.98. The summed E-state index contributed by atoms with van der Waals surface area (Å²) in [7, 11) is -0.126. The summed E-state index contributed by atoms with van der Waals surface area (Å²) in [6.07, 6.45) is -1.42. The Balaban J connectivity index is 1.65. The topological polar surface area (TPSA) is 37.7 Å². The second kappa shape index (κ2) is 9.84. The molecule has 1 fully saturated rings. The van der Waals surface area contributed by atoms with Crippen molar-refractivity contribution >= 4 is 39.2 Å². The van der Waals surface area contributed by atoms with Crippen molar-refractivity contribution in [3.05, 3.63) is 53.2 Å². The molecular weight excluding hydrogens is 480 g/mol. The fourth-order valence-electron chi connectivity index (χ4n) is 4.46. The number of fused-ring (bicyclic) bond motifs is 1. The SMILES string of the molecule is COc1ccc(S(=O)n2cc(C(F)F)c3ccc(Cl)cc32)cc1N1CCN(CC(C)(C)C)CC1. The first-order valence-corrected chi connectivity index (χ1v) is 12.7. The Morgan fingerprint density at radius 1 is 1.09 bits per heavy atom. The maximum absolute atomic E-state index is 13.6. The summed E-state index contributed by atoms with van der Waals surface area (Å²) >= 11 is 6.12. The zero-order chi connectivity index (χ0) is 24.6. The molecule has 0 spiro atoms. The van der Waals surface area contributed by atoms with Gasteiger partial charge in [-0.05, 0) is 35.7 Å². The van der Waals surface area contributed by atoms with Crippen molar-refractivity contribution in [2.45, 2.75) is 32.1 Å². The zero-order valence-corrected chi connectivity index (χ0v) is 21.4. The number of hydrogen-bond donors (Lipinski definition) is 0. The molecule has 0 aliphatic carbocycles. The molecular formula is C25H30ClF2N3O2S. The van der Waals surface area contributed by atoms with Crippen LogP contribution in [0.4, 0.5) is 14.5 Å². The smallest absolute Gasteiger partial charge is 0.265 e. The molecule has 5 nitrogen and oxygen atoms in total. The number of alkyl halides is 2. The van der Waals surface area contributed by atoms with Crippen molar-refractivity contribution in [1.29, 1.82) is 0 Å². The summed E-state index contributed by atoms with van der Waals surface area (Å²) in [4.78, 5) is 5.19. The fourth-order valence-corrected chi connectivity index (χ4v) is 5.79. The average molecular weight is 510 g/mol. The van der Waals surface area contributed by atoms with E-state index in [1.807, 2.05) is 6.07 Å². The van der Waals surface area contributed by atoms with E-state index >= 15 is 0 Å². The lowest BCUT2D eigenvalue weighted by atomic mass is 9.96. The molecule has 1 unspecified atom stereocenters. The minimum atomic E-state index is -2.68. The third-order valence-electron chi connectivity index (χ3n) is 5.94. The molecule has 4 rings (SSSR count). The summed E-state index contributed by atoms with van der Waals surface area (Å²) in [5, 5.41) is 0.740. The molecule has 184 valence electrons. The maximum Gasteiger partial charge on any atom is 0.265 e. The van der Waals surface area contributed by atoms with Crippen LogP contribution in [0.3, 0.4) is 0 Å². The lowest BCUT2D eigenvalue weighted by molar-refractivity contribution is 0.153. The second-order valence-corrected chi connectivity index (χ2v) is 11.6. The van der Waals surface area contributed by atoms with Crippen LogP contribution in [0.1, 0.15) is 32.8 Å². The number of halogens is 3. The van der Waals surface area contributed by atoms with Gasteiger partial charge in [-0.25, -0.2) is 13.0 Å². The molecule has 1 saturated heterocycles.